The highest BCUT2D eigenvalue weighted by molar-refractivity contribution is 9.10. The summed E-state index contributed by atoms with van der Waals surface area (Å²) in [5.74, 6) is -0.740. The molecule has 0 heterocycles. The van der Waals surface area contributed by atoms with Crippen LogP contribution in [0.25, 0.3) is 0 Å². The average molecular weight is 374 g/mol. The summed E-state index contributed by atoms with van der Waals surface area (Å²) < 4.78 is 15.4. The minimum absolute atomic E-state index is 0.0147. The van der Waals surface area contributed by atoms with Gasteiger partial charge in [0.2, 0.25) is 0 Å². The van der Waals surface area contributed by atoms with Gasteiger partial charge in [0.15, 0.2) is 6.61 Å². The first-order valence-electron chi connectivity index (χ1n) is 6.52. The summed E-state index contributed by atoms with van der Waals surface area (Å²) in [4.78, 5) is 33.6. The lowest BCUT2D eigenvalue weighted by atomic mass is 10.3. The van der Waals surface area contributed by atoms with E-state index in [1.165, 1.54) is 0 Å². The number of alkyl carbamates (subject to hydrolysis) is 1. The minimum Gasteiger partial charge on any atom is -0.493 e. The van der Waals surface area contributed by atoms with Crippen molar-refractivity contribution >= 4 is 33.9 Å². The summed E-state index contributed by atoms with van der Waals surface area (Å²) >= 11 is 3.30. The fourth-order valence-corrected chi connectivity index (χ4v) is 1.72. The molecular weight excluding hydrogens is 358 g/mol. The van der Waals surface area contributed by atoms with Gasteiger partial charge in [-0.1, -0.05) is 22.0 Å². The molecule has 0 aliphatic heterocycles. The standard InChI is InChI=1S/C14H16BrNO6/c1-2-20-14(19)16-12(17)9-22-13(18)6-7-21-11-5-3-4-10(15)8-11/h3-5,8H,2,6-7,9H2,1H3,(H,16,17,19). The van der Waals surface area contributed by atoms with Crippen LogP contribution in [0.15, 0.2) is 28.7 Å². The van der Waals surface area contributed by atoms with Gasteiger partial charge in [0.25, 0.3) is 5.91 Å². The van der Waals surface area contributed by atoms with Crippen LogP contribution in [0.5, 0.6) is 5.75 Å². The third-order valence-electron chi connectivity index (χ3n) is 2.25. The minimum atomic E-state index is -0.874. The van der Waals surface area contributed by atoms with E-state index in [2.05, 4.69) is 20.7 Å². The third-order valence-corrected chi connectivity index (χ3v) is 2.75. The lowest BCUT2D eigenvalue weighted by Crippen LogP contribution is -2.34. The summed E-state index contributed by atoms with van der Waals surface area (Å²) in [7, 11) is 0. The molecule has 0 saturated carbocycles. The van der Waals surface area contributed by atoms with E-state index in [0.717, 1.165) is 4.47 Å². The molecular formula is C14H16BrNO6. The predicted octanol–water partition coefficient (Wildman–Crippen LogP) is 2.03. The molecule has 2 amide bonds. The van der Waals surface area contributed by atoms with E-state index in [0.29, 0.717) is 5.75 Å². The quantitative estimate of drug-likeness (QED) is 0.735. The molecule has 1 aromatic rings. The van der Waals surface area contributed by atoms with Crippen LogP contribution in [0.1, 0.15) is 13.3 Å². The second kappa shape index (κ2) is 9.78. The second-order valence-corrected chi connectivity index (χ2v) is 4.90. The Bertz CT molecular complexity index is 534. The van der Waals surface area contributed by atoms with E-state index >= 15 is 0 Å². The Labute approximate surface area is 136 Å². The molecule has 0 saturated heterocycles. The maximum absolute atomic E-state index is 11.4. The van der Waals surface area contributed by atoms with Gasteiger partial charge in [0.05, 0.1) is 19.6 Å². The molecule has 120 valence electrons. The van der Waals surface area contributed by atoms with Crippen molar-refractivity contribution in [2.45, 2.75) is 13.3 Å². The molecule has 1 N–H and O–H groups in total. The van der Waals surface area contributed by atoms with Crippen LogP contribution in [-0.2, 0) is 19.1 Å². The first-order valence-corrected chi connectivity index (χ1v) is 7.31. The van der Waals surface area contributed by atoms with E-state index in [-0.39, 0.29) is 19.6 Å². The Hall–Kier alpha value is -2.09. The summed E-state index contributed by atoms with van der Waals surface area (Å²) in [5, 5.41) is 1.91. The average Bonchev–Trinajstić information content (AvgIpc) is 2.45. The Balaban J connectivity index is 2.18. The number of esters is 1. The van der Waals surface area contributed by atoms with Crippen molar-refractivity contribution in [1.29, 1.82) is 0 Å². The van der Waals surface area contributed by atoms with Crippen LogP contribution < -0.4 is 10.1 Å². The normalized spacial score (nSPS) is 9.73. The first-order chi connectivity index (χ1) is 10.5. The number of hydrogen-bond donors (Lipinski definition) is 1. The number of carbonyl (C=O) groups excluding carboxylic acids is 3. The molecule has 22 heavy (non-hydrogen) atoms. The Morgan fingerprint density at radius 2 is 2.00 bits per heavy atom. The summed E-state index contributed by atoms with van der Waals surface area (Å²) in [6, 6.07) is 7.17. The smallest absolute Gasteiger partial charge is 0.413 e. The van der Waals surface area contributed by atoms with Gasteiger partial charge in [-0.2, -0.15) is 0 Å². The van der Waals surface area contributed by atoms with Gasteiger partial charge in [0, 0.05) is 4.47 Å². The number of benzene rings is 1. The number of carbonyl (C=O) groups is 3. The van der Waals surface area contributed by atoms with Crippen molar-refractivity contribution < 1.29 is 28.6 Å². The number of imide groups is 1. The molecule has 0 spiro atoms. The first kappa shape index (κ1) is 18.0. The number of amides is 2. The lowest BCUT2D eigenvalue weighted by molar-refractivity contribution is -0.148. The molecule has 0 aliphatic rings. The highest BCUT2D eigenvalue weighted by atomic mass is 79.9. The van der Waals surface area contributed by atoms with Crippen molar-refractivity contribution in [3.05, 3.63) is 28.7 Å². The van der Waals surface area contributed by atoms with Gasteiger partial charge >= 0.3 is 12.1 Å². The van der Waals surface area contributed by atoms with Crippen LogP contribution in [0.3, 0.4) is 0 Å². The zero-order valence-electron chi connectivity index (χ0n) is 12.0. The monoisotopic (exact) mass is 373 g/mol. The highest BCUT2D eigenvalue weighted by Crippen LogP contribution is 2.17. The van der Waals surface area contributed by atoms with E-state index < -0.39 is 24.6 Å². The topological polar surface area (TPSA) is 90.9 Å². The molecule has 1 aromatic carbocycles. The van der Waals surface area contributed by atoms with E-state index in [9.17, 15) is 14.4 Å². The van der Waals surface area contributed by atoms with Crippen molar-refractivity contribution in [1.82, 2.24) is 5.32 Å². The molecule has 0 unspecified atom stereocenters. The van der Waals surface area contributed by atoms with Crippen LogP contribution in [0.2, 0.25) is 0 Å². The van der Waals surface area contributed by atoms with E-state index in [4.69, 9.17) is 9.47 Å². The van der Waals surface area contributed by atoms with Crippen molar-refractivity contribution in [3.8, 4) is 5.75 Å². The van der Waals surface area contributed by atoms with Crippen molar-refractivity contribution in [3.63, 3.8) is 0 Å². The van der Waals surface area contributed by atoms with Crippen LogP contribution in [0, 0.1) is 0 Å². The SMILES string of the molecule is CCOC(=O)NC(=O)COC(=O)CCOc1cccc(Br)c1. The molecule has 0 aliphatic carbocycles. The Morgan fingerprint density at radius 3 is 2.68 bits per heavy atom. The van der Waals surface area contributed by atoms with Gasteiger partial charge in [-0.3, -0.25) is 14.9 Å². The van der Waals surface area contributed by atoms with E-state index in [1.807, 2.05) is 11.4 Å². The molecule has 0 atom stereocenters. The second-order valence-electron chi connectivity index (χ2n) is 3.99. The number of ether oxygens (including phenoxy) is 3. The largest absolute Gasteiger partial charge is 0.493 e. The molecule has 8 heteroatoms. The molecule has 0 radical (unpaired) electrons. The number of halogens is 1. The molecule has 0 fully saturated rings. The van der Waals surface area contributed by atoms with Crippen LogP contribution >= 0.6 is 15.9 Å². The molecule has 0 aromatic heterocycles. The van der Waals surface area contributed by atoms with Crippen molar-refractivity contribution in [2.24, 2.45) is 0 Å². The van der Waals surface area contributed by atoms with Gasteiger partial charge in [-0.15, -0.1) is 0 Å². The Kier molecular flexibility index (Phi) is 7.98. The Morgan fingerprint density at radius 1 is 1.23 bits per heavy atom. The number of nitrogens with one attached hydrogen (secondary N) is 1. The summed E-state index contributed by atoms with van der Waals surface area (Å²) in [6.07, 6.45) is -0.888. The van der Waals surface area contributed by atoms with E-state index in [1.54, 1.807) is 25.1 Å². The summed E-state index contributed by atoms with van der Waals surface area (Å²) in [6.45, 7) is 1.32. The summed E-state index contributed by atoms with van der Waals surface area (Å²) in [5.41, 5.74) is 0. The van der Waals surface area contributed by atoms with Crippen molar-refractivity contribution in [2.75, 3.05) is 19.8 Å². The van der Waals surface area contributed by atoms with Gasteiger partial charge in [-0.25, -0.2) is 4.79 Å². The predicted molar refractivity (Wildman–Crippen MR) is 80.4 cm³/mol. The zero-order valence-corrected chi connectivity index (χ0v) is 13.6. The van der Waals surface area contributed by atoms with Gasteiger partial charge in [0.1, 0.15) is 5.75 Å². The third kappa shape index (κ3) is 7.63. The fourth-order valence-electron chi connectivity index (χ4n) is 1.34. The lowest BCUT2D eigenvalue weighted by Gasteiger charge is -2.07. The van der Waals surface area contributed by atoms with Gasteiger partial charge < -0.3 is 14.2 Å². The molecule has 7 nitrogen and oxygen atoms in total. The zero-order chi connectivity index (χ0) is 16.4. The molecule has 1 rings (SSSR count). The number of rotatable bonds is 7. The fraction of sp³-hybridized carbons (Fsp3) is 0.357. The molecule has 0 bridgehead atoms. The van der Waals surface area contributed by atoms with Crippen LogP contribution in [0.4, 0.5) is 4.79 Å². The maximum atomic E-state index is 11.4. The van der Waals surface area contributed by atoms with Crippen LogP contribution in [-0.4, -0.2) is 37.8 Å². The highest BCUT2D eigenvalue weighted by Gasteiger charge is 2.11. The maximum Gasteiger partial charge on any atom is 0.413 e. The number of hydrogen-bond acceptors (Lipinski definition) is 6. The van der Waals surface area contributed by atoms with Gasteiger partial charge in [-0.05, 0) is 25.1 Å².